The second-order valence-corrected chi connectivity index (χ2v) is 10.1. The molecule has 1 aromatic heterocycles. The number of Topliss-reactive ketones (excluding diaryl/α,β-unsaturated/α-hetero) is 2. The topological polar surface area (TPSA) is 112 Å². The zero-order chi connectivity index (χ0) is 29.5. The molecule has 0 unspecified atom stereocenters. The van der Waals surface area contributed by atoms with Crippen molar-refractivity contribution in [1.82, 2.24) is 9.88 Å². The van der Waals surface area contributed by atoms with Crippen LogP contribution in [0.2, 0.25) is 0 Å². The number of rotatable bonds is 12. The van der Waals surface area contributed by atoms with Crippen molar-refractivity contribution in [3.05, 3.63) is 94.5 Å². The number of nitrogens with zero attached hydrogens (tertiary/aromatic N) is 2. The second-order valence-electron chi connectivity index (χ2n) is 10.1. The smallest absolute Gasteiger partial charge is 0.338 e. The van der Waals surface area contributed by atoms with Crippen molar-refractivity contribution in [3.8, 4) is 5.88 Å². The molecule has 212 valence electrons. The number of ketones is 2. The monoisotopic (exact) mass is 553 g/mol. The highest BCUT2D eigenvalue weighted by molar-refractivity contribution is 6.22. The molecular weight excluding hydrogens is 518 g/mol. The number of aromatic amines is 1. The van der Waals surface area contributed by atoms with Crippen LogP contribution in [0.1, 0.15) is 63.6 Å². The molecule has 0 saturated carbocycles. The van der Waals surface area contributed by atoms with Gasteiger partial charge in [0.15, 0.2) is 11.7 Å². The Morgan fingerprint density at radius 2 is 1.71 bits per heavy atom. The number of aromatic nitrogens is 1. The molecule has 2 N–H and O–H groups in total. The quantitative estimate of drug-likeness (QED) is 0.126. The number of aryl methyl sites for hydroxylation is 1. The van der Waals surface area contributed by atoms with Crippen molar-refractivity contribution >= 4 is 39.8 Å². The second kappa shape index (κ2) is 13.2. The third kappa shape index (κ3) is 6.96. The van der Waals surface area contributed by atoms with Gasteiger partial charge in [-0.3, -0.25) is 14.5 Å². The van der Waals surface area contributed by atoms with Crippen LogP contribution in [0.4, 0.5) is 5.69 Å². The van der Waals surface area contributed by atoms with E-state index in [-0.39, 0.29) is 17.4 Å². The van der Waals surface area contributed by atoms with Crippen LogP contribution >= 0.6 is 0 Å². The van der Waals surface area contributed by atoms with Crippen molar-refractivity contribution in [3.63, 3.8) is 0 Å². The SMILES string of the molecule is CCC(=O)CN(C)CCCC(=O)c1ccc(N=C(c2ccccc2)c2c(O)[nH]c3cc(C(=O)OC)c(C)cc23)cc1. The minimum absolute atomic E-state index is 0.0326. The molecule has 1 heterocycles. The minimum atomic E-state index is -0.453. The number of nitrogens with one attached hydrogen (secondary N) is 1. The molecule has 8 nitrogen and oxygen atoms in total. The van der Waals surface area contributed by atoms with Crippen molar-refractivity contribution in [1.29, 1.82) is 0 Å². The molecule has 0 aliphatic heterocycles. The lowest BCUT2D eigenvalue weighted by atomic mass is 9.98. The van der Waals surface area contributed by atoms with Gasteiger partial charge in [-0.05, 0) is 68.9 Å². The summed E-state index contributed by atoms with van der Waals surface area (Å²) in [4.78, 5) is 46.4. The van der Waals surface area contributed by atoms with Crippen LogP contribution in [0.25, 0.3) is 10.9 Å². The Hall–Kier alpha value is -4.56. The predicted octanol–water partition coefficient (Wildman–Crippen LogP) is 6.01. The molecule has 0 radical (unpaired) electrons. The molecule has 4 aromatic rings. The molecular formula is C33H35N3O5. The molecule has 0 aliphatic carbocycles. The Morgan fingerprint density at radius 1 is 1.00 bits per heavy atom. The maximum atomic E-state index is 12.8. The predicted molar refractivity (Wildman–Crippen MR) is 161 cm³/mol. The number of aromatic hydroxyl groups is 1. The fourth-order valence-corrected chi connectivity index (χ4v) is 4.76. The van der Waals surface area contributed by atoms with Crippen LogP contribution in [0.3, 0.4) is 0 Å². The van der Waals surface area contributed by atoms with Gasteiger partial charge in [0.2, 0.25) is 0 Å². The van der Waals surface area contributed by atoms with E-state index in [0.29, 0.717) is 76.9 Å². The van der Waals surface area contributed by atoms with Crippen LogP contribution in [0.15, 0.2) is 71.7 Å². The van der Waals surface area contributed by atoms with Gasteiger partial charge in [0.05, 0.1) is 36.2 Å². The van der Waals surface area contributed by atoms with Gasteiger partial charge in [-0.25, -0.2) is 9.79 Å². The van der Waals surface area contributed by atoms with Crippen molar-refractivity contribution in [2.24, 2.45) is 4.99 Å². The van der Waals surface area contributed by atoms with E-state index in [1.165, 1.54) is 7.11 Å². The summed E-state index contributed by atoms with van der Waals surface area (Å²) >= 11 is 0. The van der Waals surface area contributed by atoms with E-state index in [4.69, 9.17) is 9.73 Å². The molecule has 41 heavy (non-hydrogen) atoms. The lowest BCUT2D eigenvalue weighted by Crippen LogP contribution is -2.26. The van der Waals surface area contributed by atoms with Gasteiger partial charge in [-0.2, -0.15) is 0 Å². The van der Waals surface area contributed by atoms with Crippen LogP contribution in [0, 0.1) is 6.92 Å². The maximum absolute atomic E-state index is 12.8. The van der Waals surface area contributed by atoms with Gasteiger partial charge in [0, 0.05) is 34.9 Å². The van der Waals surface area contributed by atoms with E-state index in [0.717, 1.165) is 5.56 Å². The number of fused-ring (bicyclic) bond motifs is 1. The standard InChI is InChI=1S/C33H35N3O5/c1-5-25(37)20-36(3)17-9-12-29(38)22-13-15-24(16-14-22)34-31(23-10-7-6-8-11-23)30-27-18-21(2)26(33(40)41-4)19-28(27)35-32(30)39/h6-8,10-11,13-16,18-19,35,39H,5,9,12,17,20H2,1-4H3. The lowest BCUT2D eigenvalue weighted by Gasteiger charge is -2.14. The normalized spacial score (nSPS) is 11.7. The van der Waals surface area contributed by atoms with Gasteiger partial charge >= 0.3 is 5.97 Å². The number of aliphatic imine (C=N–C) groups is 1. The van der Waals surface area contributed by atoms with Gasteiger partial charge in [-0.1, -0.05) is 37.3 Å². The highest BCUT2D eigenvalue weighted by Gasteiger charge is 2.21. The fourth-order valence-electron chi connectivity index (χ4n) is 4.76. The van der Waals surface area contributed by atoms with Gasteiger partial charge in [0.25, 0.3) is 0 Å². The summed E-state index contributed by atoms with van der Waals surface area (Å²) in [6.45, 7) is 4.74. The average Bonchev–Trinajstić information content (AvgIpc) is 3.29. The summed E-state index contributed by atoms with van der Waals surface area (Å²) in [6.07, 6.45) is 1.57. The van der Waals surface area contributed by atoms with E-state index >= 15 is 0 Å². The van der Waals surface area contributed by atoms with Crippen LogP contribution in [0.5, 0.6) is 5.88 Å². The largest absolute Gasteiger partial charge is 0.494 e. The molecule has 3 aromatic carbocycles. The van der Waals surface area contributed by atoms with E-state index in [2.05, 4.69) is 4.98 Å². The first-order valence-corrected chi connectivity index (χ1v) is 13.6. The Bertz CT molecular complexity index is 1590. The maximum Gasteiger partial charge on any atom is 0.338 e. The molecule has 4 rings (SSSR count). The van der Waals surface area contributed by atoms with Gasteiger partial charge in [0.1, 0.15) is 5.78 Å². The van der Waals surface area contributed by atoms with E-state index in [1.807, 2.05) is 62.2 Å². The Labute approximate surface area is 239 Å². The third-order valence-electron chi connectivity index (χ3n) is 7.03. The number of ether oxygens (including phenoxy) is 1. The summed E-state index contributed by atoms with van der Waals surface area (Å²) in [5, 5.41) is 11.7. The van der Waals surface area contributed by atoms with Gasteiger partial charge < -0.3 is 14.8 Å². The number of hydrogen-bond donors (Lipinski definition) is 2. The van der Waals surface area contributed by atoms with Crippen molar-refractivity contribution in [2.75, 3.05) is 27.2 Å². The summed E-state index contributed by atoms with van der Waals surface area (Å²) in [6, 6.07) is 20.1. The Kier molecular flexibility index (Phi) is 9.47. The summed E-state index contributed by atoms with van der Waals surface area (Å²) in [5.74, 6) is -0.302. The zero-order valence-corrected chi connectivity index (χ0v) is 23.9. The molecule has 0 saturated heterocycles. The first-order valence-electron chi connectivity index (χ1n) is 13.6. The fraction of sp³-hybridized carbons (Fsp3) is 0.273. The van der Waals surface area contributed by atoms with E-state index in [1.54, 1.807) is 30.3 Å². The lowest BCUT2D eigenvalue weighted by molar-refractivity contribution is -0.119. The van der Waals surface area contributed by atoms with E-state index < -0.39 is 5.97 Å². The summed E-state index contributed by atoms with van der Waals surface area (Å²) < 4.78 is 4.90. The molecule has 0 fully saturated rings. The summed E-state index contributed by atoms with van der Waals surface area (Å²) in [7, 11) is 3.22. The number of H-pyrrole nitrogens is 1. The number of benzene rings is 3. The number of likely N-dealkylation sites (N-methyl/N-ethyl adjacent to an activating group) is 1. The number of carbonyl (C=O) groups is 3. The first-order chi connectivity index (χ1) is 19.7. The molecule has 0 amide bonds. The number of esters is 1. The molecule has 0 aliphatic rings. The van der Waals surface area contributed by atoms with E-state index in [9.17, 15) is 19.5 Å². The third-order valence-corrected chi connectivity index (χ3v) is 7.03. The van der Waals surface area contributed by atoms with Crippen molar-refractivity contribution in [2.45, 2.75) is 33.1 Å². The minimum Gasteiger partial charge on any atom is -0.494 e. The van der Waals surface area contributed by atoms with Crippen LogP contribution < -0.4 is 0 Å². The highest BCUT2D eigenvalue weighted by atomic mass is 16.5. The molecule has 0 atom stereocenters. The molecule has 0 spiro atoms. The van der Waals surface area contributed by atoms with Crippen LogP contribution in [-0.2, 0) is 9.53 Å². The Balaban J connectivity index is 1.62. The highest BCUT2D eigenvalue weighted by Crippen LogP contribution is 2.33. The number of carbonyl (C=O) groups excluding carboxylic acids is 3. The average molecular weight is 554 g/mol. The molecule has 0 bridgehead atoms. The molecule has 8 heteroatoms. The summed E-state index contributed by atoms with van der Waals surface area (Å²) in [5.41, 5.74) is 4.77. The number of hydrogen-bond acceptors (Lipinski definition) is 7. The van der Waals surface area contributed by atoms with Crippen LogP contribution in [-0.4, -0.2) is 65.5 Å². The first kappa shape index (κ1) is 29.4. The zero-order valence-electron chi connectivity index (χ0n) is 23.9. The van der Waals surface area contributed by atoms with Gasteiger partial charge in [-0.15, -0.1) is 0 Å². The number of methoxy groups -OCH3 is 1. The van der Waals surface area contributed by atoms with Crippen molar-refractivity contribution < 1.29 is 24.2 Å². The Morgan fingerprint density at radius 3 is 2.37 bits per heavy atom.